The minimum Gasteiger partial charge on any atom is -0.456 e. The number of allylic oxidation sites excluding steroid dienone is 1. The normalized spacial score (nSPS) is 14.2. The fourth-order valence-electron chi connectivity index (χ4n) is 9.75. The summed E-state index contributed by atoms with van der Waals surface area (Å²) in [5, 5.41) is 6.77. The van der Waals surface area contributed by atoms with Crippen molar-refractivity contribution < 1.29 is 8.83 Å². The summed E-state index contributed by atoms with van der Waals surface area (Å²) >= 11 is 0. The molecule has 6 heterocycles. The first-order valence-corrected chi connectivity index (χ1v) is 20.2. The minimum atomic E-state index is 0.439. The van der Waals surface area contributed by atoms with Crippen LogP contribution in [-0.4, -0.2) is 19.1 Å². The molecule has 6 nitrogen and oxygen atoms in total. The van der Waals surface area contributed by atoms with Gasteiger partial charge in [-0.1, -0.05) is 61.5 Å². The molecule has 0 spiro atoms. The van der Waals surface area contributed by atoms with Gasteiger partial charge in [-0.05, 0) is 125 Å². The van der Waals surface area contributed by atoms with E-state index < -0.39 is 0 Å². The number of benzene rings is 6. The predicted molar refractivity (Wildman–Crippen MR) is 241 cm³/mol. The van der Waals surface area contributed by atoms with Crippen molar-refractivity contribution >= 4 is 82.8 Å². The summed E-state index contributed by atoms with van der Waals surface area (Å²) in [5.41, 5.74) is 17.0. The lowest BCUT2D eigenvalue weighted by atomic mass is 9.91. The molecule has 0 N–H and O–H groups in total. The molecule has 0 fully saturated rings. The molecule has 0 aliphatic heterocycles. The largest absolute Gasteiger partial charge is 0.456 e. The second-order valence-electron chi connectivity index (χ2n) is 15.9. The molecule has 0 amide bonds. The Morgan fingerprint density at radius 1 is 0.508 bits per heavy atom. The molecule has 0 saturated heterocycles. The van der Waals surface area contributed by atoms with E-state index in [1.165, 1.54) is 22.2 Å². The summed E-state index contributed by atoms with van der Waals surface area (Å²) in [5.74, 6) is 0.439. The van der Waals surface area contributed by atoms with Crippen LogP contribution in [0.2, 0.25) is 0 Å². The van der Waals surface area contributed by atoms with Crippen LogP contribution >= 0.6 is 0 Å². The first-order valence-electron chi connectivity index (χ1n) is 20.2. The third-order valence-corrected chi connectivity index (χ3v) is 12.5. The number of para-hydroxylation sites is 1. The Balaban J connectivity index is 0.855. The molecular formula is C53H34N4O2. The number of pyridine rings is 2. The molecule has 59 heavy (non-hydrogen) atoms. The van der Waals surface area contributed by atoms with Crippen molar-refractivity contribution in [3.63, 3.8) is 0 Å². The Kier molecular flexibility index (Phi) is 6.67. The van der Waals surface area contributed by atoms with Crippen LogP contribution in [0.15, 0.2) is 173 Å². The average Bonchev–Trinajstić information content (AvgIpc) is 4.03. The van der Waals surface area contributed by atoms with Crippen molar-refractivity contribution in [2.75, 3.05) is 0 Å². The molecule has 13 rings (SSSR count). The quantitative estimate of drug-likeness (QED) is 0.179. The monoisotopic (exact) mass is 758 g/mol. The molecule has 1 atom stereocenters. The van der Waals surface area contributed by atoms with E-state index in [0.717, 1.165) is 106 Å². The highest BCUT2D eigenvalue weighted by molar-refractivity contribution is 6.10. The Morgan fingerprint density at radius 3 is 1.85 bits per heavy atom. The van der Waals surface area contributed by atoms with Gasteiger partial charge in [-0.3, -0.25) is 9.97 Å². The zero-order valence-corrected chi connectivity index (χ0v) is 32.1. The number of hydrogen-bond acceptors (Lipinski definition) is 4. The molecule has 1 aliphatic carbocycles. The molecular weight excluding hydrogens is 725 g/mol. The van der Waals surface area contributed by atoms with Crippen molar-refractivity contribution in [2.45, 2.75) is 19.3 Å². The fraction of sp³-hybridized carbons (Fsp3) is 0.0566. The van der Waals surface area contributed by atoms with Crippen LogP contribution in [0.25, 0.3) is 116 Å². The van der Waals surface area contributed by atoms with E-state index in [9.17, 15) is 0 Å². The van der Waals surface area contributed by atoms with Gasteiger partial charge in [-0.25, -0.2) is 0 Å². The summed E-state index contributed by atoms with van der Waals surface area (Å²) in [6.07, 6.45) is 11.3. The molecule has 0 bridgehead atoms. The highest BCUT2D eigenvalue weighted by atomic mass is 16.3. The van der Waals surface area contributed by atoms with E-state index in [-0.39, 0.29) is 0 Å². The summed E-state index contributed by atoms with van der Waals surface area (Å²) in [4.78, 5) is 9.20. The summed E-state index contributed by atoms with van der Waals surface area (Å²) < 4.78 is 17.9. The van der Waals surface area contributed by atoms with Gasteiger partial charge >= 0.3 is 0 Å². The van der Waals surface area contributed by atoms with Crippen LogP contribution < -0.4 is 0 Å². The smallest absolute Gasteiger partial charge is 0.137 e. The molecule has 6 aromatic heterocycles. The minimum absolute atomic E-state index is 0.439. The maximum absolute atomic E-state index is 6.64. The highest BCUT2D eigenvalue weighted by Crippen LogP contribution is 2.42. The molecule has 0 radical (unpaired) electrons. The van der Waals surface area contributed by atoms with E-state index in [4.69, 9.17) is 13.8 Å². The van der Waals surface area contributed by atoms with Gasteiger partial charge in [0.15, 0.2) is 0 Å². The van der Waals surface area contributed by atoms with E-state index in [2.05, 4.69) is 167 Å². The predicted octanol–water partition coefficient (Wildman–Crippen LogP) is 14.2. The molecule has 0 saturated carbocycles. The van der Waals surface area contributed by atoms with E-state index in [1.54, 1.807) is 0 Å². The third-order valence-electron chi connectivity index (χ3n) is 12.5. The van der Waals surface area contributed by atoms with Crippen LogP contribution in [0, 0.1) is 0 Å². The number of rotatable bonds is 4. The Morgan fingerprint density at radius 2 is 1.12 bits per heavy atom. The second kappa shape index (κ2) is 12.2. The number of aromatic nitrogens is 4. The van der Waals surface area contributed by atoms with Crippen LogP contribution in [-0.2, 0) is 0 Å². The van der Waals surface area contributed by atoms with E-state index in [1.807, 2.05) is 24.7 Å². The van der Waals surface area contributed by atoms with Crippen LogP contribution in [0.5, 0.6) is 0 Å². The van der Waals surface area contributed by atoms with Gasteiger partial charge < -0.3 is 18.0 Å². The maximum atomic E-state index is 6.64. The second-order valence-corrected chi connectivity index (χ2v) is 15.9. The average molecular weight is 759 g/mol. The lowest BCUT2D eigenvalue weighted by Crippen LogP contribution is -2.02. The molecule has 1 aliphatic rings. The van der Waals surface area contributed by atoms with Crippen molar-refractivity contribution in [3.05, 3.63) is 175 Å². The van der Waals surface area contributed by atoms with Gasteiger partial charge in [0.05, 0.1) is 27.8 Å². The third kappa shape index (κ3) is 4.74. The molecule has 6 heteroatoms. The van der Waals surface area contributed by atoms with Gasteiger partial charge in [-0.2, -0.15) is 0 Å². The van der Waals surface area contributed by atoms with Crippen LogP contribution in [0.1, 0.15) is 30.5 Å². The summed E-state index contributed by atoms with van der Waals surface area (Å²) in [6.45, 7) is 2.30. The Labute approximate surface area is 337 Å². The van der Waals surface area contributed by atoms with Crippen molar-refractivity contribution in [1.29, 1.82) is 0 Å². The zero-order valence-electron chi connectivity index (χ0n) is 32.1. The molecule has 12 aromatic rings. The van der Waals surface area contributed by atoms with Gasteiger partial charge in [0.1, 0.15) is 22.3 Å². The van der Waals surface area contributed by atoms with Crippen LogP contribution in [0.3, 0.4) is 0 Å². The van der Waals surface area contributed by atoms with Crippen molar-refractivity contribution in [1.82, 2.24) is 19.1 Å². The molecule has 1 unspecified atom stereocenters. The number of fused-ring (bicyclic) bond motifs is 12. The first kappa shape index (κ1) is 32.4. The maximum Gasteiger partial charge on any atom is 0.137 e. The summed E-state index contributed by atoms with van der Waals surface area (Å²) in [6, 6.07) is 49.6. The number of hydrogen-bond donors (Lipinski definition) is 0. The Hall–Kier alpha value is -7.70. The first-order chi connectivity index (χ1) is 29.1. The zero-order chi connectivity index (χ0) is 38.8. The molecule has 6 aromatic carbocycles. The lowest BCUT2D eigenvalue weighted by Gasteiger charge is -2.16. The van der Waals surface area contributed by atoms with Gasteiger partial charge in [0.2, 0.25) is 0 Å². The van der Waals surface area contributed by atoms with Crippen molar-refractivity contribution in [3.8, 4) is 33.6 Å². The van der Waals surface area contributed by atoms with Gasteiger partial charge in [0.25, 0.3) is 0 Å². The highest BCUT2D eigenvalue weighted by Gasteiger charge is 2.24. The van der Waals surface area contributed by atoms with Gasteiger partial charge in [-0.15, -0.1) is 0 Å². The van der Waals surface area contributed by atoms with Crippen molar-refractivity contribution in [2.24, 2.45) is 0 Å². The number of furan rings is 2. The summed E-state index contributed by atoms with van der Waals surface area (Å²) in [7, 11) is 0. The van der Waals surface area contributed by atoms with E-state index >= 15 is 0 Å². The topological polar surface area (TPSA) is 61.9 Å². The number of nitrogens with zero attached hydrogens (tertiary/aromatic N) is 4. The SMILES string of the molecule is CC1CC=Cc2c1c1cnccc1n2-c1ccc2c(c1)oc1cc(-c3cccc(-c4ccc5c(c4)oc4cc(-n6c7ccccc7c7ncccc76)ccc45)c3)ccc12. The lowest BCUT2D eigenvalue weighted by molar-refractivity contribution is 0.668. The fourth-order valence-corrected chi connectivity index (χ4v) is 9.75. The Bertz CT molecular complexity index is 3690. The standard InChI is InChI=1S/C53H34N4O2/c1-31-7-4-12-46-52(31)43-30-54-24-22-45(43)56(46)36-16-20-40-38-18-14-34(26-48(38)58-50(40)28-36)32-8-5-9-33(25-32)35-15-19-39-41-21-17-37(29-51(41)59-49(39)27-35)57-44-11-3-2-10-42(44)53-47(57)13-6-23-55-53/h2-6,8-31H,7H2,1H3. The van der Waals surface area contributed by atoms with Gasteiger partial charge in [0, 0.05) is 74.4 Å². The molecule has 278 valence electrons. The van der Waals surface area contributed by atoms with E-state index in [0.29, 0.717) is 5.92 Å². The van der Waals surface area contributed by atoms with Crippen LogP contribution in [0.4, 0.5) is 0 Å².